The molecule has 1 N–H and O–H groups in total. The van der Waals surface area contributed by atoms with Gasteiger partial charge in [-0.2, -0.15) is 11.3 Å². The van der Waals surface area contributed by atoms with Crippen LogP contribution in [0.3, 0.4) is 0 Å². The zero-order valence-electron chi connectivity index (χ0n) is 13.0. The van der Waals surface area contributed by atoms with Crippen LogP contribution in [0, 0.1) is 0 Å². The van der Waals surface area contributed by atoms with Crippen LogP contribution >= 0.6 is 11.3 Å². The van der Waals surface area contributed by atoms with E-state index >= 15 is 0 Å². The molecule has 0 radical (unpaired) electrons. The number of nitrogens with one attached hydrogen (secondary N) is 1. The van der Waals surface area contributed by atoms with Crippen molar-refractivity contribution in [2.45, 2.75) is 19.1 Å². The molecule has 2 aromatic heterocycles. The summed E-state index contributed by atoms with van der Waals surface area (Å²) in [5.41, 5.74) is 1.96. The van der Waals surface area contributed by atoms with Gasteiger partial charge >= 0.3 is 0 Å². The lowest BCUT2D eigenvalue weighted by molar-refractivity contribution is -0.0342. The molecular formula is C17H21N3O2S. The van der Waals surface area contributed by atoms with Gasteiger partial charge in [-0.1, -0.05) is 6.07 Å². The fourth-order valence-electron chi connectivity index (χ4n) is 2.69. The average Bonchev–Trinajstić information content (AvgIpc) is 3.11. The normalized spacial score (nSPS) is 18.7. The Morgan fingerprint density at radius 2 is 2.43 bits per heavy atom. The number of thiophene rings is 1. The number of ether oxygens (including phenoxy) is 1. The Kier molecular flexibility index (Phi) is 5.74. The fraction of sp³-hybridized carbons (Fsp3) is 0.412. The highest BCUT2D eigenvalue weighted by molar-refractivity contribution is 7.08. The van der Waals surface area contributed by atoms with Gasteiger partial charge < -0.3 is 10.1 Å². The number of rotatable bonds is 6. The molecule has 1 atom stereocenters. The Morgan fingerprint density at radius 3 is 3.22 bits per heavy atom. The quantitative estimate of drug-likeness (QED) is 0.881. The van der Waals surface area contributed by atoms with Gasteiger partial charge in [-0.3, -0.25) is 14.7 Å². The summed E-state index contributed by atoms with van der Waals surface area (Å²) in [7, 11) is 0. The highest BCUT2D eigenvalue weighted by Gasteiger charge is 2.20. The molecule has 0 aliphatic carbocycles. The van der Waals surface area contributed by atoms with Crippen LogP contribution in [0.2, 0.25) is 0 Å². The first-order chi connectivity index (χ1) is 11.3. The van der Waals surface area contributed by atoms with Gasteiger partial charge in [0.2, 0.25) is 0 Å². The van der Waals surface area contributed by atoms with Crippen molar-refractivity contribution >= 4 is 17.2 Å². The van der Waals surface area contributed by atoms with Crippen LogP contribution in [0.25, 0.3) is 0 Å². The largest absolute Gasteiger partial charge is 0.375 e. The maximum atomic E-state index is 11.9. The van der Waals surface area contributed by atoms with Crippen molar-refractivity contribution in [2.24, 2.45) is 0 Å². The molecule has 3 heterocycles. The second-order valence-corrected chi connectivity index (χ2v) is 6.43. The van der Waals surface area contributed by atoms with E-state index in [2.05, 4.69) is 21.3 Å². The predicted octanol–water partition coefficient (Wildman–Crippen LogP) is 2.16. The fourth-order valence-corrected chi connectivity index (χ4v) is 3.33. The summed E-state index contributed by atoms with van der Waals surface area (Å²) in [5, 5.41) is 6.73. The van der Waals surface area contributed by atoms with Gasteiger partial charge in [0.25, 0.3) is 5.91 Å². The monoisotopic (exact) mass is 331 g/mol. The van der Waals surface area contributed by atoms with Gasteiger partial charge in [0, 0.05) is 49.5 Å². The van der Waals surface area contributed by atoms with Gasteiger partial charge in [0.15, 0.2) is 0 Å². The van der Waals surface area contributed by atoms with Crippen LogP contribution in [-0.2, 0) is 11.3 Å². The van der Waals surface area contributed by atoms with E-state index in [4.69, 9.17) is 4.74 Å². The second-order valence-electron chi connectivity index (χ2n) is 5.65. The molecule has 0 spiro atoms. The standard InChI is InChI=1S/C17H21N3O2S/c21-17(15-4-9-23-13-15)19-6-3-16-12-20(7-8-22-16)11-14-2-1-5-18-10-14/h1-2,4-5,9-10,13,16H,3,6-8,11-12H2,(H,19,21). The van der Waals surface area contributed by atoms with Gasteiger partial charge in [0.05, 0.1) is 12.7 Å². The van der Waals surface area contributed by atoms with Gasteiger partial charge in [0.1, 0.15) is 0 Å². The number of hydrogen-bond acceptors (Lipinski definition) is 5. The molecule has 6 heteroatoms. The summed E-state index contributed by atoms with van der Waals surface area (Å²) in [6.45, 7) is 4.11. The van der Waals surface area contributed by atoms with Crippen LogP contribution in [0.15, 0.2) is 41.4 Å². The third-order valence-corrected chi connectivity index (χ3v) is 4.57. The molecule has 1 aliphatic rings. The predicted molar refractivity (Wildman–Crippen MR) is 90.5 cm³/mol. The highest BCUT2D eigenvalue weighted by Crippen LogP contribution is 2.12. The Balaban J connectivity index is 1.41. The number of morpholine rings is 1. The summed E-state index contributed by atoms with van der Waals surface area (Å²) in [6.07, 6.45) is 4.70. The van der Waals surface area contributed by atoms with Crippen molar-refractivity contribution in [3.8, 4) is 0 Å². The van der Waals surface area contributed by atoms with E-state index in [-0.39, 0.29) is 12.0 Å². The summed E-state index contributed by atoms with van der Waals surface area (Å²) >= 11 is 1.53. The van der Waals surface area contributed by atoms with Crippen molar-refractivity contribution in [3.05, 3.63) is 52.5 Å². The van der Waals surface area contributed by atoms with Crippen molar-refractivity contribution in [3.63, 3.8) is 0 Å². The maximum absolute atomic E-state index is 11.9. The Hall–Kier alpha value is -1.76. The lowest BCUT2D eigenvalue weighted by Crippen LogP contribution is -2.43. The molecule has 0 aromatic carbocycles. The maximum Gasteiger partial charge on any atom is 0.252 e. The number of carbonyl (C=O) groups is 1. The molecule has 122 valence electrons. The van der Waals surface area contributed by atoms with E-state index in [9.17, 15) is 4.79 Å². The molecular weight excluding hydrogens is 310 g/mol. The lowest BCUT2D eigenvalue weighted by Gasteiger charge is -2.33. The number of amides is 1. The first kappa shape index (κ1) is 16.1. The first-order valence-corrected chi connectivity index (χ1v) is 8.79. The minimum Gasteiger partial charge on any atom is -0.375 e. The van der Waals surface area contributed by atoms with Gasteiger partial charge in [-0.05, 0) is 29.5 Å². The zero-order valence-corrected chi connectivity index (χ0v) is 13.8. The Bertz CT molecular complexity index is 604. The molecule has 1 saturated heterocycles. The van der Waals surface area contributed by atoms with Crippen LogP contribution in [-0.4, -0.2) is 48.1 Å². The van der Waals surface area contributed by atoms with Crippen LogP contribution in [0.1, 0.15) is 22.3 Å². The van der Waals surface area contributed by atoms with E-state index < -0.39 is 0 Å². The van der Waals surface area contributed by atoms with Gasteiger partial charge in [-0.25, -0.2) is 0 Å². The number of aromatic nitrogens is 1. The molecule has 23 heavy (non-hydrogen) atoms. The molecule has 1 aliphatic heterocycles. The van der Waals surface area contributed by atoms with Crippen LogP contribution < -0.4 is 5.32 Å². The SMILES string of the molecule is O=C(NCCC1CN(Cc2cccnc2)CCO1)c1ccsc1. The molecule has 0 bridgehead atoms. The molecule has 1 fully saturated rings. The Morgan fingerprint density at radius 1 is 1.48 bits per heavy atom. The van der Waals surface area contributed by atoms with Crippen LogP contribution in [0.5, 0.6) is 0 Å². The molecule has 1 amide bonds. The molecule has 2 aromatic rings. The van der Waals surface area contributed by atoms with Crippen molar-refractivity contribution < 1.29 is 9.53 Å². The number of nitrogens with zero attached hydrogens (tertiary/aromatic N) is 2. The number of carbonyl (C=O) groups excluding carboxylic acids is 1. The number of pyridine rings is 1. The van der Waals surface area contributed by atoms with E-state index in [1.807, 2.05) is 29.1 Å². The minimum atomic E-state index is -0.00530. The second kappa shape index (κ2) is 8.19. The summed E-state index contributed by atoms with van der Waals surface area (Å²) in [5.74, 6) is -0.00530. The third kappa shape index (κ3) is 4.86. The summed E-state index contributed by atoms with van der Waals surface area (Å²) in [4.78, 5) is 18.4. The highest BCUT2D eigenvalue weighted by atomic mass is 32.1. The summed E-state index contributed by atoms with van der Waals surface area (Å²) in [6, 6.07) is 5.90. The first-order valence-electron chi connectivity index (χ1n) is 7.84. The van der Waals surface area contributed by atoms with Crippen LogP contribution in [0.4, 0.5) is 0 Å². The minimum absolute atomic E-state index is 0.00530. The summed E-state index contributed by atoms with van der Waals surface area (Å²) < 4.78 is 5.81. The zero-order chi connectivity index (χ0) is 15.9. The van der Waals surface area contributed by atoms with Crippen molar-refractivity contribution in [2.75, 3.05) is 26.2 Å². The van der Waals surface area contributed by atoms with E-state index in [0.29, 0.717) is 6.54 Å². The molecule has 5 nitrogen and oxygen atoms in total. The topological polar surface area (TPSA) is 54.5 Å². The van der Waals surface area contributed by atoms with E-state index in [1.165, 1.54) is 16.9 Å². The smallest absolute Gasteiger partial charge is 0.252 e. The Labute approximate surface area is 140 Å². The molecule has 3 rings (SSSR count). The number of hydrogen-bond donors (Lipinski definition) is 1. The van der Waals surface area contributed by atoms with Gasteiger partial charge in [-0.15, -0.1) is 0 Å². The molecule has 0 saturated carbocycles. The van der Waals surface area contributed by atoms with E-state index in [1.54, 1.807) is 6.20 Å². The molecule has 1 unspecified atom stereocenters. The lowest BCUT2D eigenvalue weighted by atomic mass is 10.1. The third-order valence-electron chi connectivity index (χ3n) is 3.89. The van der Waals surface area contributed by atoms with E-state index in [0.717, 1.165) is 38.2 Å². The van der Waals surface area contributed by atoms with Crippen molar-refractivity contribution in [1.29, 1.82) is 0 Å². The average molecular weight is 331 g/mol. The van der Waals surface area contributed by atoms with Crippen molar-refractivity contribution in [1.82, 2.24) is 15.2 Å².